The Morgan fingerprint density at radius 3 is 2.50 bits per heavy atom. The molecule has 1 aromatic heterocycles. The maximum Gasteiger partial charge on any atom is 0.192 e. The SMILES string of the molecule is Cc1nc2ccc(Nc3ccc(N4CCC(C)CC4)cc3)cc2o1. The Balaban J connectivity index is 1.48. The minimum absolute atomic E-state index is 0.697. The van der Waals surface area contributed by atoms with Crippen molar-refractivity contribution >= 4 is 28.2 Å². The molecule has 1 fully saturated rings. The van der Waals surface area contributed by atoms with Crippen LogP contribution < -0.4 is 10.2 Å². The van der Waals surface area contributed by atoms with Gasteiger partial charge in [-0.2, -0.15) is 0 Å². The van der Waals surface area contributed by atoms with Crippen LogP contribution in [0.4, 0.5) is 17.1 Å². The Kier molecular flexibility index (Phi) is 3.89. The predicted molar refractivity (Wildman–Crippen MR) is 99.1 cm³/mol. The van der Waals surface area contributed by atoms with Gasteiger partial charge in [0.15, 0.2) is 11.5 Å². The monoisotopic (exact) mass is 321 g/mol. The first-order chi connectivity index (χ1) is 11.7. The van der Waals surface area contributed by atoms with Gasteiger partial charge in [-0.25, -0.2) is 4.98 Å². The summed E-state index contributed by atoms with van der Waals surface area (Å²) in [6.45, 7) is 6.54. The highest BCUT2D eigenvalue weighted by atomic mass is 16.3. The maximum absolute atomic E-state index is 5.60. The fraction of sp³-hybridized carbons (Fsp3) is 0.350. The van der Waals surface area contributed by atoms with Gasteiger partial charge in [0.25, 0.3) is 0 Å². The zero-order valence-corrected chi connectivity index (χ0v) is 14.2. The van der Waals surface area contributed by atoms with Gasteiger partial charge in [0.2, 0.25) is 0 Å². The van der Waals surface area contributed by atoms with E-state index in [1.807, 2.05) is 25.1 Å². The van der Waals surface area contributed by atoms with Crippen LogP contribution in [0.3, 0.4) is 0 Å². The number of piperidine rings is 1. The Morgan fingerprint density at radius 1 is 1.04 bits per heavy atom. The molecule has 0 saturated carbocycles. The van der Waals surface area contributed by atoms with Crippen LogP contribution in [0.1, 0.15) is 25.7 Å². The molecule has 0 bridgehead atoms. The van der Waals surface area contributed by atoms with Gasteiger partial charge in [-0.05, 0) is 55.2 Å². The van der Waals surface area contributed by atoms with E-state index in [1.165, 1.54) is 18.5 Å². The normalized spacial score (nSPS) is 15.8. The summed E-state index contributed by atoms with van der Waals surface area (Å²) in [5.74, 6) is 1.55. The molecular formula is C20H23N3O. The van der Waals surface area contributed by atoms with E-state index < -0.39 is 0 Å². The van der Waals surface area contributed by atoms with E-state index >= 15 is 0 Å². The third kappa shape index (κ3) is 3.09. The molecule has 4 rings (SSSR count). The summed E-state index contributed by atoms with van der Waals surface area (Å²) in [5, 5.41) is 3.44. The summed E-state index contributed by atoms with van der Waals surface area (Å²) in [6.07, 6.45) is 2.58. The molecule has 0 amide bonds. The number of fused-ring (bicyclic) bond motifs is 1. The summed E-state index contributed by atoms with van der Waals surface area (Å²) in [5.41, 5.74) is 5.12. The number of benzene rings is 2. The van der Waals surface area contributed by atoms with E-state index in [0.29, 0.717) is 5.89 Å². The minimum atomic E-state index is 0.697. The van der Waals surface area contributed by atoms with Crippen molar-refractivity contribution in [3.05, 3.63) is 48.4 Å². The molecule has 124 valence electrons. The Bertz CT molecular complexity index is 830. The smallest absolute Gasteiger partial charge is 0.192 e. The lowest BCUT2D eigenvalue weighted by atomic mass is 9.99. The van der Waals surface area contributed by atoms with Crippen molar-refractivity contribution in [2.24, 2.45) is 5.92 Å². The molecule has 2 aromatic carbocycles. The summed E-state index contributed by atoms with van der Waals surface area (Å²) in [7, 11) is 0. The van der Waals surface area contributed by atoms with Crippen molar-refractivity contribution < 1.29 is 4.42 Å². The van der Waals surface area contributed by atoms with Crippen molar-refractivity contribution in [3.8, 4) is 0 Å². The predicted octanol–water partition coefficient (Wildman–Crippen LogP) is 5.12. The Labute approximate surface area is 142 Å². The quantitative estimate of drug-likeness (QED) is 0.727. The molecule has 2 heterocycles. The van der Waals surface area contributed by atoms with Crippen LogP contribution in [0.2, 0.25) is 0 Å². The van der Waals surface area contributed by atoms with Gasteiger partial charge in [-0.3, -0.25) is 0 Å². The third-order valence-corrected chi connectivity index (χ3v) is 4.80. The molecule has 1 N–H and O–H groups in total. The average molecular weight is 321 g/mol. The number of nitrogens with zero attached hydrogens (tertiary/aromatic N) is 2. The molecule has 4 heteroatoms. The highest BCUT2D eigenvalue weighted by Gasteiger charge is 2.15. The summed E-state index contributed by atoms with van der Waals surface area (Å²) in [4.78, 5) is 6.81. The number of aryl methyl sites for hydroxylation is 1. The second-order valence-corrected chi connectivity index (χ2v) is 6.76. The van der Waals surface area contributed by atoms with E-state index in [0.717, 1.165) is 41.5 Å². The van der Waals surface area contributed by atoms with Crippen molar-refractivity contribution in [2.45, 2.75) is 26.7 Å². The average Bonchev–Trinajstić information content (AvgIpc) is 2.96. The van der Waals surface area contributed by atoms with E-state index in [9.17, 15) is 0 Å². The molecule has 1 saturated heterocycles. The molecule has 24 heavy (non-hydrogen) atoms. The lowest BCUT2D eigenvalue weighted by Crippen LogP contribution is -2.32. The van der Waals surface area contributed by atoms with Crippen LogP contribution in [0.5, 0.6) is 0 Å². The Morgan fingerprint density at radius 2 is 1.75 bits per heavy atom. The van der Waals surface area contributed by atoms with Crippen molar-refractivity contribution in [2.75, 3.05) is 23.3 Å². The Hall–Kier alpha value is -2.49. The number of hydrogen-bond acceptors (Lipinski definition) is 4. The first-order valence-corrected chi connectivity index (χ1v) is 8.66. The first kappa shape index (κ1) is 15.1. The molecule has 1 aliphatic heterocycles. The van der Waals surface area contributed by atoms with E-state index in [4.69, 9.17) is 4.42 Å². The van der Waals surface area contributed by atoms with E-state index in [2.05, 4.69) is 46.4 Å². The molecule has 0 radical (unpaired) electrons. The summed E-state index contributed by atoms with van der Waals surface area (Å²) in [6, 6.07) is 14.7. The largest absolute Gasteiger partial charge is 0.441 e. The molecule has 4 nitrogen and oxygen atoms in total. The van der Waals surface area contributed by atoms with Crippen molar-refractivity contribution in [3.63, 3.8) is 0 Å². The van der Waals surface area contributed by atoms with Gasteiger partial charge < -0.3 is 14.6 Å². The van der Waals surface area contributed by atoms with Crippen LogP contribution in [0, 0.1) is 12.8 Å². The first-order valence-electron chi connectivity index (χ1n) is 8.66. The highest BCUT2D eigenvalue weighted by Crippen LogP contribution is 2.26. The third-order valence-electron chi connectivity index (χ3n) is 4.80. The number of nitrogens with one attached hydrogen (secondary N) is 1. The molecule has 0 unspecified atom stereocenters. The molecule has 0 atom stereocenters. The lowest BCUT2D eigenvalue weighted by molar-refractivity contribution is 0.438. The lowest BCUT2D eigenvalue weighted by Gasteiger charge is -2.32. The van der Waals surface area contributed by atoms with Crippen LogP contribution in [0.15, 0.2) is 46.9 Å². The van der Waals surface area contributed by atoms with Crippen molar-refractivity contribution in [1.82, 2.24) is 4.98 Å². The zero-order chi connectivity index (χ0) is 16.5. The second kappa shape index (κ2) is 6.19. The molecular weight excluding hydrogens is 298 g/mol. The van der Waals surface area contributed by atoms with Gasteiger partial charge in [0, 0.05) is 43.1 Å². The van der Waals surface area contributed by atoms with Gasteiger partial charge in [0.1, 0.15) is 5.52 Å². The fourth-order valence-electron chi connectivity index (χ4n) is 3.31. The van der Waals surface area contributed by atoms with E-state index in [1.54, 1.807) is 0 Å². The van der Waals surface area contributed by atoms with Crippen LogP contribution >= 0.6 is 0 Å². The topological polar surface area (TPSA) is 41.3 Å². The van der Waals surface area contributed by atoms with Gasteiger partial charge in [0.05, 0.1) is 0 Å². The number of aromatic nitrogens is 1. The number of oxazole rings is 1. The van der Waals surface area contributed by atoms with E-state index in [-0.39, 0.29) is 0 Å². The highest BCUT2D eigenvalue weighted by molar-refractivity contribution is 5.79. The second-order valence-electron chi connectivity index (χ2n) is 6.76. The number of anilines is 3. The van der Waals surface area contributed by atoms with Crippen molar-refractivity contribution in [1.29, 1.82) is 0 Å². The fourth-order valence-corrected chi connectivity index (χ4v) is 3.31. The van der Waals surface area contributed by atoms with Crippen LogP contribution in [-0.4, -0.2) is 18.1 Å². The molecule has 1 aliphatic rings. The standard InChI is InChI=1S/C20H23N3O/c1-14-9-11-23(12-10-14)18-6-3-16(4-7-18)22-17-5-8-19-20(13-17)24-15(2)21-19/h3-8,13-14,22H,9-12H2,1-2H3. The summed E-state index contributed by atoms with van der Waals surface area (Å²) < 4.78 is 5.60. The van der Waals surface area contributed by atoms with Crippen LogP contribution in [0.25, 0.3) is 11.1 Å². The minimum Gasteiger partial charge on any atom is -0.441 e. The molecule has 0 aliphatic carbocycles. The summed E-state index contributed by atoms with van der Waals surface area (Å²) >= 11 is 0. The van der Waals surface area contributed by atoms with Gasteiger partial charge in [-0.15, -0.1) is 0 Å². The molecule has 3 aromatic rings. The number of hydrogen-bond donors (Lipinski definition) is 1. The number of rotatable bonds is 3. The zero-order valence-electron chi connectivity index (χ0n) is 14.2. The van der Waals surface area contributed by atoms with Gasteiger partial charge >= 0.3 is 0 Å². The maximum atomic E-state index is 5.60. The van der Waals surface area contributed by atoms with Gasteiger partial charge in [-0.1, -0.05) is 6.92 Å². The molecule has 0 spiro atoms. The van der Waals surface area contributed by atoms with Crippen LogP contribution in [-0.2, 0) is 0 Å².